The van der Waals surface area contributed by atoms with Crippen molar-refractivity contribution in [3.63, 3.8) is 0 Å². The van der Waals surface area contributed by atoms with Crippen LogP contribution in [0.25, 0.3) is 22.1 Å². The molecule has 0 bridgehead atoms. The lowest BCUT2D eigenvalue weighted by Gasteiger charge is -2.08. The summed E-state index contributed by atoms with van der Waals surface area (Å²) in [6.45, 7) is 8.21. The summed E-state index contributed by atoms with van der Waals surface area (Å²) in [7, 11) is 0. The van der Waals surface area contributed by atoms with Gasteiger partial charge in [0.15, 0.2) is 0 Å². The van der Waals surface area contributed by atoms with Crippen LogP contribution in [-0.2, 0) is 11.2 Å². The molecular formula is C18H18N4OS. The van der Waals surface area contributed by atoms with Crippen LogP contribution in [0.15, 0.2) is 36.9 Å². The van der Waals surface area contributed by atoms with E-state index in [0.717, 1.165) is 33.2 Å². The number of rotatable bonds is 2. The Morgan fingerprint density at radius 3 is 1.50 bits per heavy atom. The first-order chi connectivity index (χ1) is 11.5. The summed E-state index contributed by atoms with van der Waals surface area (Å²) in [6, 6.07) is 8.12. The number of hydrogen-bond acceptors (Lipinski definition) is 3. The first-order valence-electron chi connectivity index (χ1n) is 7.77. The average molecular weight is 338 g/mol. The van der Waals surface area contributed by atoms with Crippen LogP contribution in [0, 0.1) is 27.7 Å². The van der Waals surface area contributed by atoms with Gasteiger partial charge < -0.3 is 0 Å². The third-order valence-electron chi connectivity index (χ3n) is 4.60. The van der Waals surface area contributed by atoms with E-state index in [2.05, 4.69) is 23.8 Å². The number of hydrogen-bond donors (Lipinski definition) is 0. The monoisotopic (exact) mass is 338 g/mol. The van der Waals surface area contributed by atoms with E-state index in [1.54, 1.807) is 20.6 Å². The van der Waals surface area contributed by atoms with Crippen molar-refractivity contribution in [1.29, 1.82) is 0 Å². The van der Waals surface area contributed by atoms with Gasteiger partial charge in [-0.3, -0.25) is 0 Å². The first kappa shape index (κ1) is 15.1. The van der Waals surface area contributed by atoms with E-state index in [1.807, 2.05) is 38.1 Å². The van der Waals surface area contributed by atoms with Gasteiger partial charge in [0.1, 0.15) is 12.7 Å². The lowest BCUT2D eigenvalue weighted by molar-refractivity contribution is 0.673. The Hall–Kier alpha value is -2.47. The van der Waals surface area contributed by atoms with Crippen LogP contribution in [0.5, 0.6) is 0 Å². The standard InChI is InChI=1S/C18H18N4OS/c1-11-5-15-17(7-13(11)3)21(9-19-15)24(23)22-10-20-16-6-12(2)14(4)8-18(16)22/h5-10H,1-4H3. The first-order valence-corrected chi connectivity index (χ1v) is 8.83. The SMILES string of the molecule is Cc1cc2ncn(S(=O)n3cnc4cc(C)c(C)cc43)c2cc1C. The van der Waals surface area contributed by atoms with Crippen molar-refractivity contribution in [2.24, 2.45) is 0 Å². The van der Waals surface area contributed by atoms with E-state index in [9.17, 15) is 4.21 Å². The molecule has 0 aliphatic rings. The molecule has 122 valence electrons. The Morgan fingerprint density at radius 1 is 0.708 bits per heavy atom. The number of aromatic nitrogens is 4. The van der Waals surface area contributed by atoms with Gasteiger partial charge in [0, 0.05) is 0 Å². The summed E-state index contributed by atoms with van der Waals surface area (Å²) in [5, 5.41) is 0. The van der Waals surface area contributed by atoms with Gasteiger partial charge in [-0.05, 0) is 74.2 Å². The molecule has 6 heteroatoms. The lowest BCUT2D eigenvalue weighted by Crippen LogP contribution is -2.12. The van der Waals surface area contributed by atoms with Gasteiger partial charge in [-0.15, -0.1) is 0 Å². The highest BCUT2D eigenvalue weighted by molar-refractivity contribution is 7.82. The van der Waals surface area contributed by atoms with Crippen LogP contribution < -0.4 is 0 Å². The molecule has 0 aliphatic carbocycles. The van der Waals surface area contributed by atoms with Gasteiger partial charge in [-0.1, -0.05) is 0 Å². The Bertz CT molecular complexity index is 1040. The van der Waals surface area contributed by atoms with E-state index < -0.39 is 11.2 Å². The summed E-state index contributed by atoms with van der Waals surface area (Å²) < 4.78 is 16.5. The molecule has 0 fully saturated rings. The second kappa shape index (κ2) is 5.27. The summed E-state index contributed by atoms with van der Waals surface area (Å²) in [6.07, 6.45) is 3.26. The van der Waals surface area contributed by atoms with Gasteiger partial charge in [-0.2, -0.15) is 0 Å². The van der Waals surface area contributed by atoms with Gasteiger partial charge in [0.05, 0.1) is 22.1 Å². The number of aryl methyl sites for hydroxylation is 4. The second-order valence-corrected chi connectivity index (χ2v) is 7.47. The predicted octanol–water partition coefficient (Wildman–Crippen LogP) is 3.59. The predicted molar refractivity (Wildman–Crippen MR) is 97.4 cm³/mol. The Morgan fingerprint density at radius 2 is 1.08 bits per heavy atom. The maximum Gasteiger partial charge on any atom is 0.236 e. The Balaban J connectivity index is 1.91. The molecule has 2 heterocycles. The van der Waals surface area contributed by atoms with Crippen LogP contribution in [-0.4, -0.2) is 22.1 Å². The van der Waals surface area contributed by atoms with Crippen molar-refractivity contribution in [3.8, 4) is 0 Å². The molecule has 0 radical (unpaired) electrons. The molecule has 0 N–H and O–H groups in total. The van der Waals surface area contributed by atoms with Crippen LogP contribution in [0.4, 0.5) is 0 Å². The molecule has 0 aliphatic heterocycles. The molecule has 24 heavy (non-hydrogen) atoms. The molecule has 0 amide bonds. The fourth-order valence-electron chi connectivity index (χ4n) is 2.83. The fourth-order valence-corrected chi connectivity index (χ4v) is 3.90. The fraction of sp³-hybridized carbons (Fsp3) is 0.222. The number of nitrogens with zero attached hydrogens (tertiary/aromatic N) is 4. The normalized spacial score (nSPS) is 11.9. The van der Waals surface area contributed by atoms with Crippen LogP contribution in [0.2, 0.25) is 0 Å². The summed E-state index contributed by atoms with van der Waals surface area (Å²) in [4.78, 5) is 8.80. The highest BCUT2D eigenvalue weighted by Crippen LogP contribution is 2.22. The van der Waals surface area contributed by atoms with Crippen molar-refractivity contribution in [1.82, 2.24) is 17.9 Å². The van der Waals surface area contributed by atoms with Crippen LogP contribution >= 0.6 is 0 Å². The minimum absolute atomic E-state index is 0.850. The Labute approximate surface area is 142 Å². The van der Waals surface area contributed by atoms with Crippen LogP contribution in [0.3, 0.4) is 0 Å². The van der Waals surface area contributed by atoms with Crippen LogP contribution in [0.1, 0.15) is 22.3 Å². The molecule has 2 aromatic heterocycles. The van der Waals surface area contributed by atoms with E-state index in [-0.39, 0.29) is 0 Å². The zero-order valence-electron chi connectivity index (χ0n) is 14.1. The van der Waals surface area contributed by atoms with Crippen molar-refractivity contribution in [3.05, 3.63) is 59.2 Å². The molecule has 0 saturated carbocycles. The largest absolute Gasteiger partial charge is 0.236 e. The highest BCUT2D eigenvalue weighted by Gasteiger charge is 2.15. The van der Waals surface area contributed by atoms with Crippen molar-refractivity contribution in [2.45, 2.75) is 27.7 Å². The second-order valence-electron chi connectivity index (χ2n) is 6.22. The third kappa shape index (κ3) is 2.17. The van der Waals surface area contributed by atoms with Gasteiger partial charge in [0.2, 0.25) is 11.2 Å². The average Bonchev–Trinajstić information content (AvgIpc) is 3.12. The molecule has 4 aromatic rings. The summed E-state index contributed by atoms with van der Waals surface area (Å²) in [5.41, 5.74) is 8.09. The maximum absolute atomic E-state index is 13.1. The number of fused-ring (bicyclic) bond motifs is 2. The number of benzene rings is 2. The topological polar surface area (TPSA) is 52.7 Å². The minimum Gasteiger partial charge on any atom is -0.236 e. The molecule has 2 aromatic carbocycles. The molecule has 0 atom stereocenters. The minimum atomic E-state index is -1.46. The smallest absolute Gasteiger partial charge is 0.236 e. The van der Waals surface area contributed by atoms with E-state index >= 15 is 0 Å². The van der Waals surface area contributed by atoms with Crippen molar-refractivity contribution >= 4 is 33.2 Å². The molecule has 0 spiro atoms. The molecular weight excluding hydrogens is 320 g/mol. The Kier molecular flexibility index (Phi) is 3.31. The van der Waals surface area contributed by atoms with E-state index in [1.165, 1.54) is 11.1 Å². The molecule has 4 rings (SSSR count). The molecule has 5 nitrogen and oxygen atoms in total. The van der Waals surface area contributed by atoms with Gasteiger partial charge >= 0.3 is 0 Å². The third-order valence-corrected chi connectivity index (χ3v) is 5.85. The lowest BCUT2D eigenvalue weighted by atomic mass is 10.1. The zero-order valence-corrected chi connectivity index (χ0v) is 14.9. The summed E-state index contributed by atoms with van der Waals surface area (Å²) >= 11 is -1.46. The van der Waals surface area contributed by atoms with Gasteiger partial charge in [-0.25, -0.2) is 22.1 Å². The zero-order chi connectivity index (χ0) is 17.0. The molecule has 0 saturated heterocycles. The van der Waals surface area contributed by atoms with Crippen molar-refractivity contribution < 1.29 is 4.21 Å². The summed E-state index contributed by atoms with van der Waals surface area (Å²) in [5.74, 6) is 0. The van der Waals surface area contributed by atoms with Crippen molar-refractivity contribution in [2.75, 3.05) is 0 Å². The van der Waals surface area contributed by atoms with E-state index in [4.69, 9.17) is 0 Å². The quantitative estimate of drug-likeness (QED) is 0.561. The van der Waals surface area contributed by atoms with E-state index in [0.29, 0.717) is 0 Å². The molecule has 0 unspecified atom stereocenters. The maximum atomic E-state index is 13.1. The van der Waals surface area contributed by atoms with Gasteiger partial charge in [0.25, 0.3) is 0 Å². The highest BCUT2D eigenvalue weighted by atomic mass is 32.2. The number of imidazole rings is 2.